The van der Waals surface area contributed by atoms with Gasteiger partial charge >= 0.3 is 6.16 Å². The van der Waals surface area contributed by atoms with Gasteiger partial charge in [0.2, 0.25) is 0 Å². The zero-order chi connectivity index (χ0) is 12.5. The van der Waals surface area contributed by atoms with Crippen LogP contribution in [0.4, 0.5) is 4.79 Å². The maximum atomic E-state index is 11.2. The first kappa shape index (κ1) is 13.5. The fourth-order valence-electron chi connectivity index (χ4n) is 1.07. The third-order valence-corrected chi connectivity index (χ3v) is 2.30. The number of rotatable bonds is 6. The number of hydrogen-bond donors (Lipinski definition) is 0. The Labute approximate surface area is 101 Å². The van der Waals surface area contributed by atoms with E-state index < -0.39 is 6.16 Å². The number of hydrogen-bond acceptors (Lipinski definition) is 4. The Balaban J connectivity index is 2.13. The second-order valence-electron chi connectivity index (χ2n) is 3.67. The molecule has 0 saturated heterocycles. The summed E-state index contributed by atoms with van der Waals surface area (Å²) in [7, 11) is 0. The highest BCUT2D eigenvalue weighted by molar-refractivity contribution is 5.59. The minimum absolute atomic E-state index is 0.0668. The molecule has 0 heterocycles. The molecule has 1 unspecified atom stereocenters. The van der Waals surface area contributed by atoms with Gasteiger partial charge in [-0.2, -0.15) is 0 Å². The van der Waals surface area contributed by atoms with Crippen LogP contribution in [0, 0.1) is 0 Å². The van der Waals surface area contributed by atoms with Gasteiger partial charge in [0.05, 0.1) is 6.10 Å². The summed E-state index contributed by atoms with van der Waals surface area (Å²) in [5, 5.41) is 0. The molecule has 1 aromatic carbocycles. The monoisotopic (exact) mass is 238 g/mol. The summed E-state index contributed by atoms with van der Waals surface area (Å²) in [6.45, 7) is 4.06. The largest absolute Gasteiger partial charge is 0.510 e. The van der Waals surface area contributed by atoms with Crippen LogP contribution in [0.3, 0.4) is 0 Å². The average molecular weight is 238 g/mol. The van der Waals surface area contributed by atoms with Gasteiger partial charge < -0.3 is 14.2 Å². The first-order chi connectivity index (χ1) is 8.22. The highest BCUT2D eigenvalue weighted by atomic mass is 16.8. The van der Waals surface area contributed by atoms with Crippen molar-refractivity contribution in [3.8, 4) is 0 Å². The lowest BCUT2D eigenvalue weighted by molar-refractivity contribution is -0.0734. The molecule has 0 aliphatic rings. The van der Waals surface area contributed by atoms with Crippen LogP contribution in [0.15, 0.2) is 30.3 Å². The zero-order valence-corrected chi connectivity index (χ0v) is 10.2. The second kappa shape index (κ2) is 7.68. The van der Waals surface area contributed by atoms with Gasteiger partial charge in [0.1, 0.15) is 6.61 Å². The van der Waals surface area contributed by atoms with Crippen LogP contribution < -0.4 is 0 Å². The molecule has 0 radical (unpaired) electrons. The van der Waals surface area contributed by atoms with Crippen molar-refractivity contribution >= 4 is 6.16 Å². The summed E-state index contributed by atoms with van der Waals surface area (Å²) in [6, 6.07) is 9.43. The fourth-order valence-corrected chi connectivity index (χ4v) is 1.07. The van der Waals surface area contributed by atoms with E-state index in [-0.39, 0.29) is 19.5 Å². The van der Waals surface area contributed by atoms with Crippen molar-refractivity contribution in [3.63, 3.8) is 0 Å². The van der Waals surface area contributed by atoms with Gasteiger partial charge in [-0.1, -0.05) is 37.3 Å². The molecule has 0 N–H and O–H groups in total. The Morgan fingerprint density at radius 1 is 1.24 bits per heavy atom. The predicted octanol–water partition coefficient (Wildman–Crippen LogP) is 3.11. The van der Waals surface area contributed by atoms with E-state index in [9.17, 15) is 4.79 Å². The van der Waals surface area contributed by atoms with Gasteiger partial charge in [0.25, 0.3) is 0 Å². The van der Waals surface area contributed by atoms with E-state index >= 15 is 0 Å². The van der Waals surface area contributed by atoms with E-state index in [4.69, 9.17) is 14.2 Å². The number of carbonyl (C=O) groups is 1. The van der Waals surface area contributed by atoms with E-state index in [0.717, 1.165) is 12.0 Å². The van der Waals surface area contributed by atoms with E-state index in [1.54, 1.807) is 0 Å². The minimum Gasteiger partial charge on any atom is -0.429 e. The Kier molecular flexibility index (Phi) is 6.10. The van der Waals surface area contributed by atoms with Crippen LogP contribution in [0.1, 0.15) is 25.8 Å². The first-order valence-corrected chi connectivity index (χ1v) is 5.67. The summed E-state index contributed by atoms with van der Waals surface area (Å²) < 4.78 is 14.8. The highest BCUT2D eigenvalue weighted by Gasteiger charge is 2.05. The summed E-state index contributed by atoms with van der Waals surface area (Å²) in [4.78, 5) is 11.2. The van der Waals surface area contributed by atoms with Gasteiger partial charge in [-0.3, -0.25) is 0 Å². The molecular weight excluding hydrogens is 220 g/mol. The molecule has 1 aromatic rings. The standard InChI is InChI=1S/C13H18O4/c1-3-11(2)16-10-17-13(14)15-9-12-7-5-4-6-8-12/h4-8,11H,3,9-10H2,1-2H3. The minimum atomic E-state index is -0.711. The van der Waals surface area contributed by atoms with Crippen molar-refractivity contribution in [3.05, 3.63) is 35.9 Å². The number of carbonyl (C=O) groups excluding carboxylic acids is 1. The van der Waals surface area contributed by atoms with Crippen molar-refractivity contribution in [1.29, 1.82) is 0 Å². The van der Waals surface area contributed by atoms with Gasteiger partial charge in [0, 0.05) is 0 Å². The van der Waals surface area contributed by atoms with Crippen molar-refractivity contribution in [2.75, 3.05) is 6.79 Å². The van der Waals surface area contributed by atoms with Crippen molar-refractivity contribution in [2.45, 2.75) is 33.0 Å². The van der Waals surface area contributed by atoms with Gasteiger partial charge in [-0.25, -0.2) is 4.79 Å². The molecule has 0 saturated carbocycles. The van der Waals surface area contributed by atoms with Crippen molar-refractivity contribution < 1.29 is 19.0 Å². The first-order valence-electron chi connectivity index (χ1n) is 5.67. The van der Waals surface area contributed by atoms with Crippen molar-refractivity contribution in [2.24, 2.45) is 0 Å². The van der Waals surface area contributed by atoms with Crippen LogP contribution in [0.2, 0.25) is 0 Å². The normalized spacial score (nSPS) is 11.9. The summed E-state index contributed by atoms with van der Waals surface area (Å²) in [6.07, 6.45) is 0.247. The maximum Gasteiger partial charge on any atom is 0.510 e. The SMILES string of the molecule is CCC(C)OCOC(=O)OCc1ccccc1. The molecule has 17 heavy (non-hydrogen) atoms. The molecule has 1 atom stereocenters. The maximum absolute atomic E-state index is 11.2. The topological polar surface area (TPSA) is 44.8 Å². The Bertz CT molecular complexity index is 323. The quantitative estimate of drug-likeness (QED) is 0.564. The Morgan fingerprint density at radius 2 is 1.94 bits per heavy atom. The molecule has 4 nitrogen and oxygen atoms in total. The van der Waals surface area contributed by atoms with Crippen LogP contribution in [-0.4, -0.2) is 19.1 Å². The van der Waals surface area contributed by atoms with E-state index in [1.807, 2.05) is 44.2 Å². The molecule has 4 heteroatoms. The molecule has 0 fully saturated rings. The van der Waals surface area contributed by atoms with Gasteiger partial charge in [0.15, 0.2) is 6.79 Å². The van der Waals surface area contributed by atoms with Gasteiger partial charge in [-0.05, 0) is 18.9 Å². The Hall–Kier alpha value is -1.55. The lowest BCUT2D eigenvalue weighted by Gasteiger charge is -2.10. The smallest absolute Gasteiger partial charge is 0.429 e. The fraction of sp³-hybridized carbons (Fsp3) is 0.462. The predicted molar refractivity (Wildman–Crippen MR) is 63.4 cm³/mol. The second-order valence-corrected chi connectivity index (χ2v) is 3.67. The lowest BCUT2D eigenvalue weighted by atomic mass is 10.2. The average Bonchev–Trinajstić information content (AvgIpc) is 2.37. The van der Waals surface area contributed by atoms with E-state index in [1.165, 1.54) is 0 Å². The molecule has 0 spiro atoms. The van der Waals surface area contributed by atoms with Crippen LogP contribution in [0.25, 0.3) is 0 Å². The Morgan fingerprint density at radius 3 is 2.59 bits per heavy atom. The molecule has 0 bridgehead atoms. The molecule has 0 aromatic heterocycles. The molecule has 94 valence electrons. The van der Waals surface area contributed by atoms with E-state index in [0.29, 0.717) is 0 Å². The van der Waals surface area contributed by atoms with Crippen LogP contribution in [0.5, 0.6) is 0 Å². The molecule has 1 rings (SSSR count). The van der Waals surface area contributed by atoms with Gasteiger partial charge in [-0.15, -0.1) is 0 Å². The zero-order valence-electron chi connectivity index (χ0n) is 10.2. The van der Waals surface area contributed by atoms with Crippen LogP contribution >= 0.6 is 0 Å². The third kappa shape index (κ3) is 5.92. The molecule has 0 aliphatic heterocycles. The molecule has 0 amide bonds. The summed E-state index contributed by atoms with van der Waals surface area (Å²) in [5.41, 5.74) is 0.923. The summed E-state index contributed by atoms with van der Waals surface area (Å²) >= 11 is 0. The number of ether oxygens (including phenoxy) is 3. The van der Waals surface area contributed by atoms with Crippen molar-refractivity contribution in [1.82, 2.24) is 0 Å². The lowest BCUT2D eigenvalue weighted by Crippen LogP contribution is -2.14. The van der Waals surface area contributed by atoms with E-state index in [2.05, 4.69) is 0 Å². The summed E-state index contributed by atoms with van der Waals surface area (Å²) in [5.74, 6) is 0. The molecular formula is C13H18O4. The third-order valence-electron chi connectivity index (χ3n) is 2.30. The number of benzene rings is 1. The molecule has 0 aliphatic carbocycles. The highest BCUT2D eigenvalue weighted by Crippen LogP contribution is 2.02. The van der Waals surface area contributed by atoms with Crippen LogP contribution in [-0.2, 0) is 20.8 Å².